The Kier molecular flexibility index (Phi) is 1.76. The lowest BCUT2D eigenvalue weighted by atomic mass is 10.2. The Morgan fingerprint density at radius 3 is 3.13 bits per heavy atom. The fourth-order valence-electron chi connectivity index (χ4n) is 2.44. The lowest BCUT2D eigenvalue weighted by Crippen LogP contribution is -2.04. The molecule has 3 nitrogen and oxygen atoms in total. The molecule has 0 bridgehead atoms. The van der Waals surface area contributed by atoms with E-state index in [-0.39, 0.29) is 6.04 Å². The van der Waals surface area contributed by atoms with Gasteiger partial charge < -0.3 is 15.0 Å². The Morgan fingerprint density at radius 2 is 2.33 bits per heavy atom. The number of fused-ring (bicyclic) bond motifs is 3. The average Bonchev–Trinajstić information content (AvgIpc) is 2.78. The quantitative estimate of drug-likeness (QED) is 0.768. The van der Waals surface area contributed by atoms with E-state index in [2.05, 4.69) is 16.7 Å². The van der Waals surface area contributed by atoms with Crippen LogP contribution in [-0.4, -0.2) is 11.7 Å². The number of hydrogen-bond acceptors (Lipinski definition) is 2. The van der Waals surface area contributed by atoms with Gasteiger partial charge in [0.05, 0.1) is 12.6 Å². The molecule has 0 saturated carbocycles. The predicted molar refractivity (Wildman–Crippen MR) is 60.0 cm³/mol. The van der Waals surface area contributed by atoms with Crippen LogP contribution in [0.15, 0.2) is 24.3 Å². The normalized spacial score (nSPS) is 19.5. The molecule has 1 atom stereocenters. The first-order valence-corrected chi connectivity index (χ1v) is 5.23. The highest BCUT2D eigenvalue weighted by Gasteiger charge is 2.22. The molecule has 3 heteroatoms. The van der Waals surface area contributed by atoms with Gasteiger partial charge in [-0.2, -0.15) is 0 Å². The third-order valence-electron chi connectivity index (χ3n) is 3.18. The van der Waals surface area contributed by atoms with Crippen LogP contribution in [0, 0.1) is 0 Å². The molecule has 15 heavy (non-hydrogen) atoms. The minimum Gasteiger partial charge on any atom is -0.495 e. The number of nitrogens with two attached hydrogens (primary N) is 1. The largest absolute Gasteiger partial charge is 0.495 e. The monoisotopic (exact) mass is 202 g/mol. The first kappa shape index (κ1) is 8.80. The lowest BCUT2D eigenvalue weighted by molar-refractivity contribution is 0.417. The molecule has 2 N–H and O–H groups in total. The van der Waals surface area contributed by atoms with Crippen molar-refractivity contribution >= 4 is 10.9 Å². The molecule has 0 radical (unpaired) electrons. The molecule has 2 aromatic rings. The summed E-state index contributed by atoms with van der Waals surface area (Å²) in [5, 5.41) is 1.22. The minimum absolute atomic E-state index is 0.183. The zero-order valence-corrected chi connectivity index (χ0v) is 8.73. The summed E-state index contributed by atoms with van der Waals surface area (Å²) >= 11 is 0. The second-order valence-electron chi connectivity index (χ2n) is 4.01. The second-order valence-corrected chi connectivity index (χ2v) is 4.01. The molecular weight excluding hydrogens is 188 g/mol. The summed E-state index contributed by atoms with van der Waals surface area (Å²) in [4.78, 5) is 0. The average molecular weight is 202 g/mol. The molecule has 0 saturated heterocycles. The molecule has 0 aliphatic carbocycles. The van der Waals surface area contributed by atoms with Crippen molar-refractivity contribution in [3.05, 3.63) is 30.0 Å². The summed E-state index contributed by atoms with van der Waals surface area (Å²) in [7, 11) is 1.71. The molecule has 3 rings (SSSR count). The molecule has 1 unspecified atom stereocenters. The number of methoxy groups -OCH3 is 1. The van der Waals surface area contributed by atoms with Crippen LogP contribution in [0.2, 0.25) is 0 Å². The summed E-state index contributed by atoms with van der Waals surface area (Å²) in [6.45, 7) is 1.00. The molecule has 1 aliphatic heterocycles. The van der Waals surface area contributed by atoms with Crippen molar-refractivity contribution in [2.75, 3.05) is 7.11 Å². The first-order valence-electron chi connectivity index (χ1n) is 5.23. The summed E-state index contributed by atoms with van der Waals surface area (Å²) in [5.74, 6) is 0.938. The maximum atomic E-state index is 6.04. The van der Waals surface area contributed by atoms with E-state index in [0.717, 1.165) is 18.7 Å². The van der Waals surface area contributed by atoms with Gasteiger partial charge in [-0.1, -0.05) is 12.1 Å². The molecule has 0 fully saturated rings. The van der Waals surface area contributed by atoms with Gasteiger partial charge in [0, 0.05) is 23.7 Å². The van der Waals surface area contributed by atoms with E-state index >= 15 is 0 Å². The Labute approximate surface area is 88.4 Å². The van der Waals surface area contributed by atoms with Crippen LogP contribution >= 0.6 is 0 Å². The molecule has 1 aromatic heterocycles. The van der Waals surface area contributed by atoms with Gasteiger partial charge in [0.2, 0.25) is 0 Å². The number of benzene rings is 1. The maximum Gasteiger partial charge on any atom is 0.143 e. The van der Waals surface area contributed by atoms with Crippen molar-refractivity contribution in [3.8, 4) is 5.75 Å². The molecule has 1 aliphatic rings. The van der Waals surface area contributed by atoms with Gasteiger partial charge in [0.15, 0.2) is 0 Å². The highest BCUT2D eigenvalue weighted by Crippen LogP contribution is 2.35. The van der Waals surface area contributed by atoms with Gasteiger partial charge in [-0.3, -0.25) is 0 Å². The van der Waals surface area contributed by atoms with Crippen LogP contribution < -0.4 is 10.5 Å². The molecular formula is C12H14N2O. The van der Waals surface area contributed by atoms with E-state index in [9.17, 15) is 0 Å². The van der Waals surface area contributed by atoms with E-state index < -0.39 is 0 Å². The number of ether oxygens (including phenoxy) is 1. The van der Waals surface area contributed by atoms with Crippen LogP contribution in [-0.2, 0) is 6.54 Å². The van der Waals surface area contributed by atoms with E-state index in [1.165, 1.54) is 16.6 Å². The van der Waals surface area contributed by atoms with Crippen LogP contribution in [0.1, 0.15) is 18.2 Å². The van der Waals surface area contributed by atoms with Crippen molar-refractivity contribution in [1.29, 1.82) is 0 Å². The van der Waals surface area contributed by atoms with Crippen LogP contribution in [0.25, 0.3) is 10.9 Å². The zero-order chi connectivity index (χ0) is 10.4. The summed E-state index contributed by atoms with van der Waals surface area (Å²) in [6.07, 6.45) is 1.03. The van der Waals surface area contributed by atoms with Gasteiger partial charge in [-0.05, 0) is 18.6 Å². The Bertz CT molecular complexity index is 516. The van der Waals surface area contributed by atoms with Crippen LogP contribution in [0.4, 0.5) is 0 Å². The van der Waals surface area contributed by atoms with Crippen molar-refractivity contribution in [2.45, 2.75) is 19.0 Å². The fourth-order valence-corrected chi connectivity index (χ4v) is 2.44. The maximum absolute atomic E-state index is 6.04. The molecule has 0 spiro atoms. The standard InChI is InChI=1S/C12H14N2O/c1-15-11-4-2-3-8-7-10-9(13)5-6-14(10)12(8)11/h2-4,7,9H,5-6,13H2,1H3. The summed E-state index contributed by atoms with van der Waals surface area (Å²) in [5.41, 5.74) is 8.45. The van der Waals surface area contributed by atoms with Gasteiger partial charge in [-0.25, -0.2) is 0 Å². The Morgan fingerprint density at radius 1 is 1.47 bits per heavy atom. The topological polar surface area (TPSA) is 40.2 Å². The molecule has 1 aromatic carbocycles. The van der Waals surface area contributed by atoms with Crippen molar-refractivity contribution in [3.63, 3.8) is 0 Å². The number of para-hydroxylation sites is 1. The predicted octanol–water partition coefficient (Wildman–Crippen LogP) is 2.05. The number of aromatic nitrogens is 1. The van der Waals surface area contributed by atoms with E-state index in [1.54, 1.807) is 7.11 Å². The van der Waals surface area contributed by atoms with Gasteiger partial charge in [0.25, 0.3) is 0 Å². The number of rotatable bonds is 1. The van der Waals surface area contributed by atoms with Crippen molar-refractivity contribution < 1.29 is 4.74 Å². The second kappa shape index (κ2) is 3.00. The van der Waals surface area contributed by atoms with Crippen molar-refractivity contribution in [2.24, 2.45) is 5.73 Å². The third kappa shape index (κ3) is 1.10. The molecule has 0 amide bonds. The van der Waals surface area contributed by atoms with Gasteiger partial charge >= 0.3 is 0 Å². The van der Waals surface area contributed by atoms with Crippen LogP contribution in [0.3, 0.4) is 0 Å². The van der Waals surface area contributed by atoms with Crippen LogP contribution in [0.5, 0.6) is 5.75 Å². The van der Waals surface area contributed by atoms with E-state index in [4.69, 9.17) is 10.5 Å². The number of aryl methyl sites for hydroxylation is 1. The van der Waals surface area contributed by atoms with Gasteiger partial charge in [0.1, 0.15) is 5.75 Å². The summed E-state index contributed by atoms with van der Waals surface area (Å²) in [6, 6.07) is 8.48. The smallest absolute Gasteiger partial charge is 0.143 e. The fraction of sp³-hybridized carbons (Fsp3) is 0.333. The Hall–Kier alpha value is -1.48. The van der Waals surface area contributed by atoms with Crippen molar-refractivity contribution in [1.82, 2.24) is 4.57 Å². The Balaban J connectivity index is 2.36. The molecule has 2 heterocycles. The number of nitrogens with zero attached hydrogens (tertiary/aromatic N) is 1. The van der Waals surface area contributed by atoms with E-state index in [0.29, 0.717) is 0 Å². The lowest BCUT2D eigenvalue weighted by Gasteiger charge is -2.05. The summed E-state index contributed by atoms with van der Waals surface area (Å²) < 4.78 is 7.66. The highest BCUT2D eigenvalue weighted by molar-refractivity contribution is 5.87. The minimum atomic E-state index is 0.183. The third-order valence-corrected chi connectivity index (χ3v) is 3.18. The van der Waals surface area contributed by atoms with E-state index in [1.807, 2.05) is 12.1 Å². The highest BCUT2D eigenvalue weighted by atomic mass is 16.5. The van der Waals surface area contributed by atoms with Gasteiger partial charge in [-0.15, -0.1) is 0 Å². The zero-order valence-electron chi connectivity index (χ0n) is 8.73. The number of hydrogen-bond donors (Lipinski definition) is 1. The SMILES string of the molecule is COc1cccc2cc3n(c12)CCC3N. The molecule has 78 valence electrons. The first-order chi connectivity index (χ1) is 7.31.